The fourth-order valence-electron chi connectivity index (χ4n) is 4.25. The third-order valence-corrected chi connectivity index (χ3v) is 5.43. The van der Waals surface area contributed by atoms with Gasteiger partial charge in [-0.05, 0) is 23.1 Å². The second-order valence-corrected chi connectivity index (χ2v) is 6.97. The molecule has 26 heavy (non-hydrogen) atoms. The van der Waals surface area contributed by atoms with Crippen molar-refractivity contribution in [3.05, 3.63) is 108 Å². The van der Waals surface area contributed by atoms with Crippen LogP contribution in [0.5, 0.6) is 0 Å². The van der Waals surface area contributed by atoms with Gasteiger partial charge in [-0.1, -0.05) is 104 Å². The zero-order valence-corrected chi connectivity index (χ0v) is 15.0. The van der Waals surface area contributed by atoms with Gasteiger partial charge in [-0.25, -0.2) is 0 Å². The molecule has 0 bridgehead atoms. The Bertz CT molecular complexity index is 806. The van der Waals surface area contributed by atoms with E-state index in [0.29, 0.717) is 0 Å². The van der Waals surface area contributed by atoms with E-state index in [2.05, 4.69) is 31.2 Å². The molecule has 0 aliphatic carbocycles. The fraction of sp³-hybridized carbons (Fsp3) is 0.250. The summed E-state index contributed by atoms with van der Waals surface area (Å²) in [6.07, 6.45) is 1.03. The number of benzene rings is 3. The van der Waals surface area contributed by atoms with Crippen molar-refractivity contribution in [1.82, 2.24) is 0 Å². The Morgan fingerprint density at radius 3 is 1.69 bits per heavy atom. The first-order chi connectivity index (χ1) is 12.7. The SMILES string of the molecule is CCCC1(C(O)c2ccccc2)OC1(c1ccccc1)c1ccccc1. The molecule has 2 atom stereocenters. The summed E-state index contributed by atoms with van der Waals surface area (Å²) in [7, 11) is 0. The molecule has 1 aliphatic rings. The van der Waals surface area contributed by atoms with Crippen LogP contribution in [0.3, 0.4) is 0 Å². The van der Waals surface area contributed by atoms with E-state index >= 15 is 0 Å². The molecule has 3 aromatic rings. The minimum atomic E-state index is -0.691. The van der Waals surface area contributed by atoms with E-state index in [1.165, 1.54) is 0 Å². The fourth-order valence-corrected chi connectivity index (χ4v) is 4.25. The highest BCUT2D eigenvalue weighted by molar-refractivity contribution is 5.49. The summed E-state index contributed by atoms with van der Waals surface area (Å²) in [5.41, 5.74) is 1.80. The highest BCUT2D eigenvalue weighted by Crippen LogP contribution is 2.66. The zero-order valence-electron chi connectivity index (χ0n) is 15.0. The third-order valence-electron chi connectivity index (χ3n) is 5.43. The van der Waals surface area contributed by atoms with Gasteiger partial charge in [-0.2, -0.15) is 0 Å². The Morgan fingerprint density at radius 1 is 0.769 bits per heavy atom. The maximum atomic E-state index is 11.4. The van der Waals surface area contributed by atoms with Gasteiger partial charge in [-0.15, -0.1) is 0 Å². The molecule has 132 valence electrons. The first-order valence-corrected chi connectivity index (χ1v) is 9.29. The Labute approximate surface area is 155 Å². The molecule has 1 saturated heterocycles. The first-order valence-electron chi connectivity index (χ1n) is 9.29. The van der Waals surface area contributed by atoms with E-state index in [9.17, 15) is 5.11 Å². The van der Waals surface area contributed by atoms with E-state index in [1.54, 1.807) is 0 Å². The van der Waals surface area contributed by atoms with Gasteiger partial charge in [0, 0.05) is 0 Å². The number of rotatable bonds is 6. The van der Waals surface area contributed by atoms with Crippen molar-refractivity contribution in [2.24, 2.45) is 0 Å². The van der Waals surface area contributed by atoms with Crippen LogP contribution in [-0.4, -0.2) is 10.7 Å². The summed E-state index contributed by atoms with van der Waals surface area (Å²) < 4.78 is 6.57. The highest BCUT2D eigenvalue weighted by atomic mass is 16.6. The van der Waals surface area contributed by atoms with E-state index in [1.807, 2.05) is 66.7 Å². The van der Waals surface area contributed by atoms with Crippen molar-refractivity contribution < 1.29 is 9.84 Å². The summed E-state index contributed by atoms with van der Waals surface area (Å²) in [6.45, 7) is 2.14. The van der Waals surface area contributed by atoms with Gasteiger partial charge in [0.25, 0.3) is 0 Å². The second-order valence-electron chi connectivity index (χ2n) is 6.97. The number of epoxide rings is 1. The Hall–Kier alpha value is -2.42. The molecule has 0 radical (unpaired) electrons. The number of hydrogen-bond donors (Lipinski definition) is 1. The minimum Gasteiger partial charge on any atom is -0.385 e. The van der Waals surface area contributed by atoms with Crippen LogP contribution in [0, 0.1) is 0 Å². The molecule has 1 aliphatic heterocycles. The molecule has 1 fully saturated rings. The van der Waals surface area contributed by atoms with Crippen LogP contribution in [0.1, 0.15) is 42.6 Å². The van der Waals surface area contributed by atoms with E-state index in [-0.39, 0.29) is 0 Å². The van der Waals surface area contributed by atoms with Crippen molar-refractivity contribution in [3.63, 3.8) is 0 Å². The molecule has 0 amide bonds. The van der Waals surface area contributed by atoms with Crippen LogP contribution >= 0.6 is 0 Å². The third kappa shape index (κ3) is 2.49. The zero-order chi connectivity index (χ0) is 18.0. The number of hydrogen-bond acceptors (Lipinski definition) is 2. The summed E-state index contributed by atoms with van der Waals surface area (Å²) in [5.74, 6) is 0. The molecule has 2 nitrogen and oxygen atoms in total. The molecule has 4 rings (SSSR count). The van der Waals surface area contributed by atoms with E-state index in [4.69, 9.17) is 4.74 Å². The van der Waals surface area contributed by atoms with Gasteiger partial charge in [0.1, 0.15) is 11.7 Å². The van der Waals surface area contributed by atoms with Crippen molar-refractivity contribution in [2.45, 2.75) is 37.1 Å². The number of aliphatic hydroxyl groups is 1. The highest BCUT2D eigenvalue weighted by Gasteiger charge is 2.74. The average molecular weight is 344 g/mol. The van der Waals surface area contributed by atoms with Gasteiger partial charge >= 0.3 is 0 Å². The molecular weight excluding hydrogens is 320 g/mol. The van der Waals surface area contributed by atoms with Crippen LogP contribution in [-0.2, 0) is 10.3 Å². The van der Waals surface area contributed by atoms with Crippen molar-refractivity contribution in [1.29, 1.82) is 0 Å². The summed E-state index contributed by atoms with van der Waals surface area (Å²) in [4.78, 5) is 0. The van der Waals surface area contributed by atoms with Gasteiger partial charge in [0.05, 0.1) is 0 Å². The van der Waals surface area contributed by atoms with Gasteiger partial charge in [-0.3, -0.25) is 0 Å². The van der Waals surface area contributed by atoms with Crippen LogP contribution in [0.2, 0.25) is 0 Å². The van der Waals surface area contributed by atoms with Crippen molar-refractivity contribution >= 4 is 0 Å². The predicted octanol–water partition coefficient (Wildman–Crippen LogP) is 5.23. The van der Waals surface area contributed by atoms with Gasteiger partial charge < -0.3 is 9.84 Å². The predicted molar refractivity (Wildman–Crippen MR) is 104 cm³/mol. The van der Waals surface area contributed by atoms with Crippen molar-refractivity contribution in [2.75, 3.05) is 0 Å². The lowest BCUT2D eigenvalue weighted by molar-refractivity contribution is 0.0685. The Morgan fingerprint density at radius 2 is 1.23 bits per heavy atom. The molecular formula is C24H24O2. The molecule has 1 heterocycles. The first kappa shape index (κ1) is 17.0. The average Bonchev–Trinajstić information content (AvgIpc) is 3.41. The summed E-state index contributed by atoms with van der Waals surface area (Å²) in [6, 6.07) is 30.4. The lowest BCUT2D eigenvalue weighted by atomic mass is 9.74. The van der Waals surface area contributed by atoms with E-state index < -0.39 is 17.3 Å². The lowest BCUT2D eigenvalue weighted by Gasteiger charge is -2.26. The topological polar surface area (TPSA) is 32.8 Å². The number of aliphatic hydroxyl groups excluding tert-OH is 1. The quantitative estimate of drug-likeness (QED) is 0.621. The summed E-state index contributed by atoms with van der Waals surface area (Å²) >= 11 is 0. The lowest BCUT2D eigenvalue weighted by Crippen LogP contribution is -2.32. The maximum Gasteiger partial charge on any atom is 0.151 e. The van der Waals surface area contributed by atoms with Crippen LogP contribution < -0.4 is 0 Å². The maximum absolute atomic E-state index is 11.4. The second kappa shape index (κ2) is 6.71. The molecule has 2 unspecified atom stereocenters. The Balaban J connectivity index is 1.87. The monoisotopic (exact) mass is 344 g/mol. The molecule has 0 aromatic heterocycles. The smallest absolute Gasteiger partial charge is 0.151 e. The number of ether oxygens (including phenoxy) is 1. The molecule has 0 saturated carbocycles. The molecule has 2 heteroatoms. The summed E-state index contributed by atoms with van der Waals surface area (Å²) in [5, 5.41) is 11.4. The normalized spacial score (nSPS) is 21.9. The minimum absolute atomic E-state index is 0.624. The molecule has 1 N–H and O–H groups in total. The van der Waals surface area contributed by atoms with Crippen LogP contribution in [0.25, 0.3) is 0 Å². The van der Waals surface area contributed by atoms with Crippen molar-refractivity contribution in [3.8, 4) is 0 Å². The van der Waals surface area contributed by atoms with Gasteiger partial charge in [0.15, 0.2) is 5.60 Å². The largest absolute Gasteiger partial charge is 0.385 e. The van der Waals surface area contributed by atoms with Crippen LogP contribution in [0.15, 0.2) is 91.0 Å². The molecule has 3 aromatic carbocycles. The molecule has 0 spiro atoms. The van der Waals surface area contributed by atoms with Crippen LogP contribution in [0.4, 0.5) is 0 Å². The van der Waals surface area contributed by atoms with E-state index in [0.717, 1.165) is 29.5 Å². The Kier molecular flexibility index (Phi) is 4.39. The standard InChI is InChI=1S/C24H24O2/c1-2-18-23(22(25)19-12-6-3-7-13-19)24(26-23,20-14-8-4-9-15-20)21-16-10-5-11-17-21/h3-17,22,25H,2,18H2,1H3. The van der Waals surface area contributed by atoms with Gasteiger partial charge in [0.2, 0.25) is 0 Å².